The predicted octanol–water partition coefficient (Wildman–Crippen LogP) is 3.05. The second kappa shape index (κ2) is 12.7. The lowest BCUT2D eigenvalue weighted by atomic mass is 9.78. The number of nitrogens with zero attached hydrogens (tertiary/aromatic N) is 1. The number of unbranched alkanes of at least 4 members (excludes halogenated alkanes) is 6. The van der Waals surface area contributed by atoms with Crippen LogP contribution in [0, 0.1) is 0 Å². The number of aliphatic hydroxyl groups excluding tert-OH is 2. The molecule has 8 heteroatoms. The quantitative estimate of drug-likeness (QED) is 0.351. The van der Waals surface area contributed by atoms with Crippen LogP contribution in [0.4, 0.5) is 0 Å². The van der Waals surface area contributed by atoms with Crippen LogP contribution in [-0.4, -0.2) is 50.8 Å². The van der Waals surface area contributed by atoms with E-state index in [0.29, 0.717) is 19.4 Å². The zero-order chi connectivity index (χ0) is 23.6. The normalized spacial score (nSPS) is 27.8. The highest BCUT2D eigenvalue weighted by atomic mass is 16.6. The van der Waals surface area contributed by atoms with Crippen molar-refractivity contribution in [1.82, 2.24) is 9.55 Å². The van der Waals surface area contributed by atoms with E-state index in [-0.39, 0.29) is 6.61 Å². The van der Waals surface area contributed by atoms with Crippen LogP contribution < -0.4 is 11.2 Å². The number of hydrogen-bond donors (Lipinski definition) is 3. The van der Waals surface area contributed by atoms with Crippen molar-refractivity contribution in [2.24, 2.45) is 0 Å². The highest BCUT2D eigenvalue weighted by Gasteiger charge is 2.67. The molecule has 32 heavy (non-hydrogen) atoms. The van der Waals surface area contributed by atoms with E-state index >= 15 is 0 Å². The molecule has 184 valence electrons. The van der Waals surface area contributed by atoms with Gasteiger partial charge in [-0.2, -0.15) is 0 Å². The van der Waals surface area contributed by atoms with Gasteiger partial charge >= 0.3 is 5.69 Å². The van der Waals surface area contributed by atoms with E-state index in [9.17, 15) is 19.8 Å². The maximum atomic E-state index is 13.0. The Labute approximate surface area is 191 Å². The number of hydrogen-bond acceptors (Lipinski definition) is 6. The van der Waals surface area contributed by atoms with Crippen molar-refractivity contribution in [3.8, 4) is 0 Å². The molecule has 1 aromatic heterocycles. The molecule has 0 aliphatic carbocycles. The standard InChI is InChI=1S/C24H42N2O6/c1-4-7-10-14-23(31-17-12-9-6-3)21(29)19(18-27)32-24(23,15-11-8-5-2)26-16-13-20(28)25-22(26)30/h13,16,19,21,27,29H,4-12,14-15,17-18H2,1-3H3,(H,25,28,30)/t19-,21-,23-,24-/m1/s1. The van der Waals surface area contributed by atoms with Gasteiger partial charge in [0, 0.05) is 18.9 Å². The Morgan fingerprint density at radius 3 is 2.25 bits per heavy atom. The lowest BCUT2D eigenvalue weighted by Gasteiger charge is -2.46. The van der Waals surface area contributed by atoms with Crippen LogP contribution in [0.15, 0.2) is 21.9 Å². The summed E-state index contributed by atoms with van der Waals surface area (Å²) in [5.41, 5.74) is -3.63. The molecule has 1 saturated heterocycles. The van der Waals surface area contributed by atoms with Gasteiger partial charge < -0.3 is 19.7 Å². The summed E-state index contributed by atoms with van der Waals surface area (Å²) in [6.45, 7) is 6.35. The molecule has 0 unspecified atom stereocenters. The van der Waals surface area contributed by atoms with Crippen molar-refractivity contribution in [1.29, 1.82) is 0 Å². The molecule has 0 spiro atoms. The summed E-state index contributed by atoms with van der Waals surface area (Å²) in [6, 6.07) is 1.29. The zero-order valence-corrected chi connectivity index (χ0v) is 20.0. The van der Waals surface area contributed by atoms with Crippen molar-refractivity contribution in [2.75, 3.05) is 13.2 Å². The summed E-state index contributed by atoms with van der Waals surface area (Å²) < 4.78 is 14.3. The van der Waals surface area contributed by atoms with Crippen molar-refractivity contribution >= 4 is 0 Å². The van der Waals surface area contributed by atoms with E-state index in [1.54, 1.807) is 0 Å². The van der Waals surface area contributed by atoms with E-state index in [1.165, 1.54) is 16.8 Å². The lowest BCUT2D eigenvalue weighted by Crippen LogP contribution is -2.62. The third-order valence-corrected chi connectivity index (χ3v) is 6.61. The van der Waals surface area contributed by atoms with Crippen LogP contribution in [0.5, 0.6) is 0 Å². The van der Waals surface area contributed by atoms with Crippen molar-refractivity contribution in [3.63, 3.8) is 0 Å². The molecule has 1 aliphatic rings. The molecular formula is C24H42N2O6. The Hall–Kier alpha value is -1.48. The fraction of sp³-hybridized carbons (Fsp3) is 0.833. The molecule has 1 aliphatic heterocycles. The number of nitrogens with one attached hydrogen (secondary N) is 1. The van der Waals surface area contributed by atoms with Crippen LogP contribution in [0.25, 0.3) is 0 Å². The van der Waals surface area contributed by atoms with E-state index < -0.39 is 34.8 Å². The number of rotatable bonds is 15. The Balaban J connectivity index is 2.65. The van der Waals surface area contributed by atoms with E-state index in [2.05, 4.69) is 25.8 Å². The minimum absolute atomic E-state index is 0.386. The molecule has 3 N–H and O–H groups in total. The molecule has 8 nitrogen and oxygen atoms in total. The molecule has 1 aromatic rings. The SMILES string of the molecule is CCCCCO[C@]1(CCCCC)[C@H](O)[C@@H](CO)O[C@@]1(CCCCC)n1ccc(=O)[nH]c1=O. The van der Waals surface area contributed by atoms with E-state index in [0.717, 1.165) is 57.8 Å². The number of aliphatic hydroxyl groups is 2. The van der Waals surface area contributed by atoms with Gasteiger partial charge in [-0.05, 0) is 25.7 Å². The highest BCUT2D eigenvalue weighted by Crippen LogP contribution is 2.51. The topological polar surface area (TPSA) is 114 Å². The zero-order valence-electron chi connectivity index (χ0n) is 20.0. The van der Waals surface area contributed by atoms with Gasteiger partial charge in [-0.25, -0.2) is 4.79 Å². The van der Waals surface area contributed by atoms with Gasteiger partial charge in [0.25, 0.3) is 5.56 Å². The Morgan fingerprint density at radius 2 is 1.66 bits per heavy atom. The molecule has 4 atom stereocenters. The Morgan fingerprint density at radius 1 is 1.03 bits per heavy atom. The van der Waals surface area contributed by atoms with Crippen LogP contribution in [0.1, 0.15) is 91.4 Å². The monoisotopic (exact) mass is 454 g/mol. The van der Waals surface area contributed by atoms with Gasteiger partial charge in [0.05, 0.1) is 6.61 Å². The second-order valence-electron chi connectivity index (χ2n) is 8.91. The fourth-order valence-electron chi connectivity index (χ4n) is 4.91. The van der Waals surface area contributed by atoms with Crippen molar-refractivity contribution in [2.45, 2.75) is 115 Å². The molecular weight excluding hydrogens is 412 g/mol. The van der Waals surface area contributed by atoms with Gasteiger partial charge in [-0.1, -0.05) is 65.7 Å². The third-order valence-electron chi connectivity index (χ3n) is 6.61. The average molecular weight is 455 g/mol. The number of aromatic amines is 1. The molecule has 0 radical (unpaired) electrons. The summed E-state index contributed by atoms with van der Waals surface area (Å²) in [5, 5.41) is 21.5. The largest absolute Gasteiger partial charge is 0.394 e. The summed E-state index contributed by atoms with van der Waals surface area (Å²) >= 11 is 0. The highest BCUT2D eigenvalue weighted by molar-refractivity contribution is 5.12. The van der Waals surface area contributed by atoms with Crippen LogP contribution in [0.2, 0.25) is 0 Å². The van der Waals surface area contributed by atoms with Gasteiger partial charge in [0.15, 0.2) is 5.72 Å². The molecule has 0 bridgehead atoms. The minimum Gasteiger partial charge on any atom is -0.394 e. The van der Waals surface area contributed by atoms with Crippen molar-refractivity contribution < 1.29 is 19.7 Å². The molecule has 0 amide bonds. The molecule has 2 heterocycles. The summed E-state index contributed by atoms with van der Waals surface area (Å²) in [5.74, 6) is 0. The van der Waals surface area contributed by atoms with E-state index in [1.807, 2.05) is 0 Å². The van der Waals surface area contributed by atoms with Gasteiger partial charge in [0.1, 0.15) is 17.8 Å². The maximum Gasteiger partial charge on any atom is 0.330 e. The molecule has 0 aromatic carbocycles. The first-order valence-electron chi connectivity index (χ1n) is 12.4. The lowest BCUT2D eigenvalue weighted by molar-refractivity contribution is -0.230. The first-order valence-corrected chi connectivity index (χ1v) is 12.4. The molecule has 2 rings (SSSR count). The number of aromatic nitrogens is 2. The molecule has 1 fully saturated rings. The third kappa shape index (κ3) is 5.53. The van der Waals surface area contributed by atoms with Crippen LogP contribution in [0.3, 0.4) is 0 Å². The van der Waals surface area contributed by atoms with Crippen LogP contribution in [-0.2, 0) is 15.2 Å². The maximum absolute atomic E-state index is 13.0. The Kier molecular flexibility index (Phi) is 10.6. The smallest absolute Gasteiger partial charge is 0.330 e. The molecule has 0 saturated carbocycles. The average Bonchev–Trinajstić information content (AvgIpc) is 3.00. The predicted molar refractivity (Wildman–Crippen MR) is 124 cm³/mol. The van der Waals surface area contributed by atoms with Crippen LogP contribution >= 0.6 is 0 Å². The second-order valence-corrected chi connectivity index (χ2v) is 8.91. The van der Waals surface area contributed by atoms with Gasteiger partial charge in [-0.15, -0.1) is 0 Å². The number of ether oxygens (including phenoxy) is 2. The summed E-state index contributed by atoms with van der Waals surface area (Å²) in [7, 11) is 0. The Bertz CT molecular complexity index is 793. The summed E-state index contributed by atoms with van der Waals surface area (Å²) in [4.78, 5) is 27.1. The first-order chi connectivity index (χ1) is 15.4. The van der Waals surface area contributed by atoms with E-state index in [4.69, 9.17) is 9.47 Å². The first kappa shape index (κ1) is 26.8. The fourth-order valence-corrected chi connectivity index (χ4v) is 4.91. The van der Waals surface area contributed by atoms with Gasteiger partial charge in [0.2, 0.25) is 0 Å². The number of H-pyrrole nitrogens is 1. The van der Waals surface area contributed by atoms with Gasteiger partial charge in [-0.3, -0.25) is 14.3 Å². The minimum atomic E-state index is -1.32. The van der Waals surface area contributed by atoms with Crippen molar-refractivity contribution in [3.05, 3.63) is 33.1 Å². The summed E-state index contributed by atoms with van der Waals surface area (Å²) in [6.07, 6.45) is 8.59.